The van der Waals surface area contributed by atoms with Crippen molar-refractivity contribution in [2.75, 3.05) is 0 Å². The minimum atomic E-state index is 0. The topological polar surface area (TPSA) is 62.8 Å². The maximum absolute atomic E-state index is 7.12. The fraction of sp³-hybridized carbons (Fsp3) is 0.455. The molecule has 17 heavy (non-hydrogen) atoms. The molecule has 0 saturated heterocycles. The smallest absolute Gasteiger partial charge is 0.151 e. The lowest BCUT2D eigenvalue weighted by Crippen LogP contribution is -2.04. The molecule has 6 heteroatoms. The van der Waals surface area contributed by atoms with Crippen molar-refractivity contribution in [1.82, 2.24) is 4.98 Å². The van der Waals surface area contributed by atoms with E-state index in [0.29, 0.717) is 5.75 Å². The number of hydrogen-bond acceptors (Lipinski definition) is 3. The van der Waals surface area contributed by atoms with Gasteiger partial charge >= 0.3 is 0 Å². The van der Waals surface area contributed by atoms with Gasteiger partial charge in [-0.3, -0.25) is 10.4 Å². The lowest BCUT2D eigenvalue weighted by molar-refractivity contribution is 0.792. The van der Waals surface area contributed by atoms with Crippen LogP contribution in [0.2, 0.25) is 0 Å². The van der Waals surface area contributed by atoms with Gasteiger partial charge in [0.05, 0.1) is 5.69 Å². The zero-order valence-corrected chi connectivity index (χ0v) is 12.3. The van der Waals surface area contributed by atoms with Crippen LogP contribution in [0, 0.1) is 5.41 Å². The van der Waals surface area contributed by atoms with Crippen LogP contribution in [0.3, 0.4) is 0 Å². The number of rotatable bonds is 5. The molecular formula is C11H19Cl2N3S. The van der Waals surface area contributed by atoms with E-state index in [0.717, 1.165) is 12.1 Å². The number of pyridine rings is 1. The number of hydrogen-bond donors (Lipinski definition) is 2. The first-order valence-corrected chi connectivity index (χ1v) is 6.11. The molecule has 0 radical (unpaired) electrons. The second-order valence-electron chi connectivity index (χ2n) is 3.41. The SMILES string of the molecule is CCCCc1ccnc(CSC(=N)N)c1.Cl.Cl. The molecule has 1 rings (SSSR count). The average molecular weight is 296 g/mol. The van der Waals surface area contributed by atoms with E-state index in [4.69, 9.17) is 11.1 Å². The van der Waals surface area contributed by atoms with Crippen LogP contribution in [0.4, 0.5) is 0 Å². The quantitative estimate of drug-likeness (QED) is 0.646. The predicted octanol–water partition coefficient (Wildman–Crippen LogP) is 3.39. The summed E-state index contributed by atoms with van der Waals surface area (Å²) in [4.78, 5) is 4.25. The fourth-order valence-corrected chi connectivity index (χ4v) is 1.76. The standard InChI is InChI=1S/C11H17N3S.2ClH/c1-2-3-4-9-5-6-14-10(7-9)8-15-11(12)13;;/h5-7H,2-4,8H2,1H3,(H3,12,13);2*1H. The Bertz CT molecular complexity index is 334. The summed E-state index contributed by atoms with van der Waals surface area (Å²) < 4.78 is 0. The highest BCUT2D eigenvalue weighted by Gasteiger charge is 1.99. The Morgan fingerprint density at radius 1 is 1.47 bits per heavy atom. The van der Waals surface area contributed by atoms with Gasteiger partial charge in [0.2, 0.25) is 0 Å². The molecule has 0 unspecified atom stereocenters. The highest BCUT2D eigenvalue weighted by molar-refractivity contribution is 8.13. The molecule has 0 atom stereocenters. The molecule has 0 aliphatic carbocycles. The third kappa shape index (κ3) is 8.30. The highest BCUT2D eigenvalue weighted by atomic mass is 35.5. The van der Waals surface area contributed by atoms with E-state index in [2.05, 4.69) is 24.0 Å². The van der Waals surface area contributed by atoms with Crippen LogP contribution < -0.4 is 5.73 Å². The van der Waals surface area contributed by atoms with Gasteiger partial charge in [-0.2, -0.15) is 0 Å². The van der Waals surface area contributed by atoms with Crippen molar-refractivity contribution in [3.8, 4) is 0 Å². The zero-order chi connectivity index (χ0) is 11.1. The van der Waals surface area contributed by atoms with Gasteiger partial charge in [-0.1, -0.05) is 25.1 Å². The van der Waals surface area contributed by atoms with E-state index in [-0.39, 0.29) is 30.0 Å². The molecule has 1 aromatic heterocycles. The second kappa shape index (κ2) is 10.7. The molecule has 0 aromatic carbocycles. The zero-order valence-electron chi connectivity index (χ0n) is 9.81. The van der Waals surface area contributed by atoms with E-state index >= 15 is 0 Å². The molecular weight excluding hydrogens is 277 g/mol. The number of aryl methyl sites for hydroxylation is 1. The van der Waals surface area contributed by atoms with Crippen molar-refractivity contribution in [2.45, 2.75) is 31.9 Å². The van der Waals surface area contributed by atoms with Crippen LogP contribution in [0.25, 0.3) is 0 Å². The second-order valence-corrected chi connectivity index (χ2v) is 4.43. The third-order valence-corrected chi connectivity index (χ3v) is 2.83. The van der Waals surface area contributed by atoms with Crippen LogP contribution >= 0.6 is 36.6 Å². The molecule has 3 N–H and O–H groups in total. The van der Waals surface area contributed by atoms with Gasteiger partial charge in [0, 0.05) is 11.9 Å². The summed E-state index contributed by atoms with van der Waals surface area (Å²) in [6, 6.07) is 4.16. The number of thioether (sulfide) groups is 1. The Hall–Kier alpha value is -0.450. The number of nitrogens with zero attached hydrogens (tertiary/aromatic N) is 1. The van der Waals surface area contributed by atoms with E-state index in [1.165, 1.54) is 30.2 Å². The van der Waals surface area contributed by atoms with Gasteiger partial charge in [-0.25, -0.2) is 0 Å². The normalized spacial score (nSPS) is 9.00. The molecule has 1 heterocycles. The third-order valence-electron chi connectivity index (χ3n) is 2.08. The summed E-state index contributed by atoms with van der Waals surface area (Å²) in [5.74, 6) is 0.690. The highest BCUT2D eigenvalue weighted by Crippen LogP contribution is 2.12. The predicted molar refractivity (Wildman–Crippen MR) is 80.6 cm³/mol. The molecule has 0 spiro atoms. The fourth-order valence-electron chi connectivity index (χ4n) is 1.30. The van der Waals surface area contributed by atoms with Crippen LogP contribution in [0.5, 0.6) is 0 Å². The van der Waals surface area contributed by atoms with Gasteiger partial charge in [-0.15, -0.1) is 24.8 Å². The van der Waals surface area contributed by atoms with Crippen molar-refractivity contribution >= 4 is 41.7 Å². The average Bonchev–Trinajstić information content (AvgIpc) is 2.24. The maximum atomic E-state index is 7.12. The summed E-state index contributed by atoms with van der Waals surface area (Å²) in [5.41, 5.74) is 7.61. The summed E-state index contributed by atoms with van der Waals surface area (Å²) in [6.45, 7) is 2.19. The summed E-state index contributed by atoms with van der Waals surface area (Å²) in [7, 11) is 0. The first-order valence-electron chi connectivity index (χ1n) is 5.13. The monoisotopic (exact) mass is 295 g/mol. The van der Waals surface area contributed by atoms with Crippen molar-refractivity contribution in [3.05, 3.63) is 29.6 Å². The molecule has 0 bridgehead atoms. The number of unbranched alkanes of at least 4 members (excludes halogenated alkanes) is 1. The van der Waals surface area contributed by atoms with Crippen LogP contribution in [-0.4, -0.2) is 10.2 Å². The van der Waals surface area contributed by atoms with Crippen LogP contribution in [-0.2, 0) is 12.2 Å². The minimum Gasteiger partial charge on any atom is -0.379 e. The van der Waals surface area contributed by atoms with Gasteiger partial charge in [0.1, 0.15) is 0 Å². The Labute approximate surface area is 119 Å². The Morgan fingerprint density at radius 2 is 2.18 bits per heavy atom. The Balaban J connectivity index is 0. The number of nitrogens with two attached hydrogens (primary N) is 1. The van der Waals surface area contributed by atoms with Gasteiger partial charge in [0.15, 0.2) is 5.17 Å². The number of halogens is 2. The summed E-state index contributed by atoms with van der Waals surface area (Å²) in [6.07, 6.45) is 5.36. The van der Waals surface area contributed by atoms with Crippen molar-refractivity contribution in [1.29, 1.82) is 5.41 Å². The number of aromatic nitrogens is 1. The van der Waals surface area contributed by atoms with E-state index in [1.54, 1.807) is 0 Å². The first kappa shape index (κ1) is 18.9. The molecule has 0 amide bonds. The summed E-state index contributed by atoms with van der Waals surface area (Å²) in [5, 5.41) is 7.27. The van der Waals surface area contributed by atoms with Crippen molar-refractivity contribution < 1.29 is 0 Å². The molecule has 0 aliphatic heterocycles. The lowest BCUT2D eigenvalue weighted by Gasteiger charge is -2.03. The number of nitrogens with one attached hydrogen (secondary N) is 1. The molecule has 0 aliphatic rings. The Morgan fingerprint density at radius 3 is 2.76 bits per heavy atom. The molecule has 98 valence electrons. The van der Waals surface area contributed by atoms with E-state index in [9.17, 15) is 0 Å². The van der Waals surface area contributed by atoms with Gasteiger partial charge in [0.25, 0.3) is 0 Å². The van der Waals surface area contributed by atoms with Gasteiger partial charge < -0.3 is 5.73 Å². The minimum absolute atomic E-state index is 0. The molecule has 3 nitrogen and oxygen atoms in total. The van der Waals surface area contributed by atoms with Crippen molar-refractivity contribution in [2.24, 2.45) is 5.73 Å². The first-order chi connectivity index (χ1) is 7.22. The van der Waals surface area contributed by atoms with E-state index < -0.39 is 0 Å². The van der Waals surface area contributed by atoms with Crippen LogP contribution in [0.1, 0.15) is 31.0 Å². The van der Waals surface area contributed by atoms with E-state index in [1.807, 2.05) is 6.20 Å². The summed E-state index contributed by atoms with van der Waals surface area (Å²) >= 11 is 1.32. The van der Waals surface area contributed by atoms with Gasteiger partial charge in [-0.05, 0) is 30.5 Å². The van der Waals surface area contributed by atoms with Crippen LogP contribution in [0.15, 0.2) is 18.3 Å². The number of amidine groups is 1. The van der Waals surface area contributed by atoms with Crippen molar-refractivity contribution in [3.63, 3.8) is 0 Å². The lowest BCUT2D eigenvalue weighted by atomic mass is 10.1. The molecule has 1 aromatic rings. The Kier molecular flexibility index (Phi) is 11.9. The largest absolute Gasteiger partial charge is 0.379 e. The molecule has 0 saturated carbocycles. The maximum Gasteiger partial charge on any atom is 0.151 e. The molecule has 0 fully saturated rings.